The highest BCUT2D eigenvalue weighted by Gasteiger charge is 1.85. The molecule has 0 saturated carbocycles. The van der Waals surface area contributed by atoms with Gasteiger partial charge in [0.25, 0.3) is 0 Å². The minimum absolute atomic E-state index is 1.10. The van der Waals surface area contributed by atoms with Crippen LogP contribution in [0, 0.1) is 0 Å². The number of hydrogen-bond acceptors (Lipinski definition) is 1. The van der Waals surface area contributed by atoms with Gasteiger partial charge in [-0.05, 0) is 33.4 Å². The quantitative estimate of drug-likeness (QED) is 0.458. The summed E-state index contributed by atoms with van der Waals surface area (Å²) in [5.41, 5.74) is 1.53. The van der Waals surface area contributed by atoms with Crippen LogP contribution in [0.4, 0.5) is 0 Å². The van der Waals surface area contributed by atoms with E-state index < -0.39 is 0 Å². The average Bonchev–Trinajstić information content (AvgIpc) is 1.89. The van der Waals surface area contributed by atoms with Crippen molar-refractivity contribution in [2.24, 2.45) is 0 Å². The summed E-state index contributed by atoms with van der Waals surface area (Å²) in [5, 5.41) is 3.12. The molecule has 0 aliphatic rings. The number of hydrogen-bond donors (Lipinski definition) is 1. The molecule has 0 saturated heterocycles. The van der Waals surface area contributed by atoms with Crippen molar-refractivity contribution >= 4 is 0 Å². The van der Waals surface area contributed by atoms with Gasteiger partial charge >= 0.3 is 0 Å². The van der Waals surface area contributed by atoms with E-state index in [0.29, 0.717) is 0 Å². The lowest BCUT2D eigenvalue weighted by molar-refractivity contribution is 0.797. The highest BCUT2D eigenvalue weighted by Crippen LogP contribution is 2.03. The smallest absolute Gasteiger partial charge is 0.00172 e. The molecule has 0 atom stereocenters. The molecule has 0 bridgehead atoms. The van der Waals surface area contributed by atoms with Crippen molar-refractivity contribution < 1.29 is 0 Å². The molecule has 0 aromatic heterocycles. The normalized spacial score (nSPS) is 12.1. The molecule has 60 valence electrons. The minimum Gasteiger partial charge on any atom is -0.319 e. The fourth-order valence-corrected chi connectivity index (χ4v) is 0.959. The van der Waals surface area contributed by atoms with E-state index in [-0.39, 0.29) is 0 Å². The fourth-order valence-electron chi connectivity index (χ4n) is 0.959. The Morgan fingerprint density at radius 2 is 2.20 bits per heavy atom. The lowest BCUT2D eigenvalue weighted by atomic mass is 10.1. The maximum atomic E-state index is 3.12. The van der Waals surface area contributed by atoms with E-state index in [1.165, 1.54) is 24.8 Å². The monoisotopic (exact) mass is 141 g/mol. The molecule has 1 heteroatoms. The number of nitrogens with one attached hydrogen (secondary N) is 1. The van der Waals surface area contributed by atoms with Crippen molar-refractivity contribution in [1.82, 2.24) is 5.32 Å². The van der Waals surface area contributed by atoms with Crippen LogP contribution in [0.5, 0.6) is 0 Å². The first-order valence-corrected chi connectivity index (χ1v) is 4.11. The lowest BCUT2D eigenvalue weighted by Crippen LogP contribution is -2.05. The zero-order valence-corrected chi connectivity index (χ0v) is 7.41. The highest BCUT2D eigenvalue weighted by atomic mass is 14.8. The van der Waals surface area contributed by atoms with Gasteiger partial charge in [0, 0.05) is 0 Å². The molecule has 0 fully saturated rings. The second-order valence-corrected chi connectivity index (χ2v) is 2.69. The van der Waals surface area contributed by atoms with Gasteiger partial charge in [0.2, 0.25) is 0 Å². The zero-order chi connectivity index (χ0) is 7.82. The van der Waals surface area contributed by atoms with Gasteiger partial charge in [0.1, 0.15) is 0 Å². The summed E-state index contributed by atoms with van der Waals surface area (Å²) in [4.78, 5) is 0. The fraction of sp³-hybridized carbons (Fsp3) is 0.778. The average molecular weight is 141 g/mol. The molecule has 1 N–H and O–H groups in total. The molecule has 0 heterocycles. The second-order valence-electron chi connectivity index (χ2n) is 2.69. The van der Waals surface area contributed by atoms with Gasteiger partial charge in [-0.25, -0.2) is 0 Å². The van der Waals surface area contributed by atoms with Crippen molar-refractivity contribution in [3.05, 3.63) is 11.6 Å². The zero-order valence-electron chi connectivity index (χ0n) is 7.41. The summed E-state index contributed by atoms with van der Waals surface area (Å²) in [6.45, 7) is 5.52. The van der Waals surface area contributed by atoms with Crippen LogP contribution in [0.1, 0.15) is 33.1 Å². The van der Waals surface area contributed by atoms with Crippen LogP contribution in [0.15, 0.2) is 11.6 Å². The van der Waals surface area contributed by atoms with Crippen LogP contribution in [-0.2, 0) is 0 Å². The standard InChI is InChI=1S/C9H19N/c1-4-6-9(2)7-5-8-10-3/h7,10H,4-6,8H2,1-3H3/b9-7+. The third-order valence-electron chi connectivity index (χ3n) is 1.53. The Morgan fingerprint density at radius 1 is 1.50 bits per heavy atom. The molecule has 0 aromatic rings. The topological polar surface area (TPSA) is 12.0 Å². The van der Waals surface area contributed by atoms with Crippen LogP contribution >= 0.6 is 0 Å². The Balaban J connectivity index is 3.28. The Morgan fingerprint density at radius 3 is 2.70 bits per heavy atom. The lowest BCUT2D eigenvalue weighted by Gasteiger charge is -1.97. The van der Waals surface area contributed by atoms with Crippen molar-refractivity contribution in [3.63, 3.8) is 0 Å². The van der Waals surface area contributed by atoms with Gasteiger partial charge < -0.3 is 5.32 Å². The largest absolute Gasteiger partial charge is 0.319 e. The minimum atomic E-state index is 1.10. The predicted octanol–water partition coefficient (Wildman–Crippen LogP) is 2.34. The van der Waals surface area contributed by atoms with Crippen LogP contribution in [-0.4, -0.2) is 13.6 Å². The highest BCUT2D eigenvalue weighted by molar-refractivity contribution is 4.97. The van der Waals surface area contributed by atoms with Gasteiger partial charge in [0.05, 0.1) is 0 Å². The molecule has 0 rings (SSSR count). The molecule has 0 amide bonds. The van der Waals surface area contributed by atoms with Gasteiger partial charge in [-0.2, -0.15) is 0 Å². The molecular formula is C9H19N. The van der Waals surface area contributed by atoms with Crippen LogP contribution in [0.3, 0.4) is 0 Å². The first kappa shape index (κ1) is 9.70. The van der Waals surface area contributed by atoms with Gasteiger partial charge in [0.15, 0.2) is 0 Å². The van der Waals surface area contributed by atoms with Gasteiger partial charge in [-0.3, -0.25) is 0 Å². The third kappa shape index (κ3) is 5.83. The van der Waals surface area contributed by atoms with Crippen LogP contribution in [0.25, 0.3) is 0 Å². The summed E-state index contributed by atoms with van der Waals surface area (Å²) >= 11 is 0. The number of allylic oxidation sites excluding steroid dienone is 1. The Bertz CT molecular complexity index is 94.9. The molecule has 0 aliphatic heterocycles. The Hall–Kier alpha value is -0.300. The van der Waals surface area contributed by atoms with Crippen LogP contribution in [0.2, 0.25) is 0 Å². The molecule has 10 heavy (non-hydrogen) atoms. The van der Waals surface area contributed by atoms with E-state index in [0.717, 1.165) is 6.54 Å². The first-order chi connectivity index (χ1) is 4.81. The van der Waals surface area contributed by atoms with E-state index >= 15 is 0 Å². The second kappa shape index (κ2) is 6.81. The number of rotatable bonds is 5. The van der Waals surface area contributed by atoms with Crippen molar-refractivity contribution in [2.75, 3.05) is 13.6 Å². The van der Waals surface area contributed by atoms with Gasteiger partial charge in [-0.15, -0.1) is 0 Å². The maximum absolute atomic E-state index is 3.12. The molecule has 1 nitrogen and oxygen atoms in total. The summed E-state index contributed by atoms with van der Waals surface area (Å²) in [7, 11) is 1.99. The maximum Gasteiger partial charge on any atom is -0.00172 e. The molecule has 0 aromatic carbocycles. The van der Waals surface area contributed by atoms with E-state index in [1.54, 1.807) is 0 Å². The Labute approximate surface area is 64.5 Å². The third-order valence-corrected chi connectivity index (χ3v) is 1.53. The van der Waals surface area contributed by atoms with Gasteiger partial charge in [-0.1, -0.05) is 25.0 Å². The van der Waals surface area contributed by atoms with E-state index in [1.807, 2.05) is 7.05 Å². The SMILES string of the molecule is CCC/C(C)=C/CCNC. The van der Waals surface area contributed by atoms with Crippen LogP contribution < -0.4 is 5.32 Å². The summed E-state index contributed by atoms with van der Waals surface area (Å²) < 4.78 is 0. The van der Waals surface area contributed by atoms with E-state index in [4.69, 9.17) is 0 Å². The van der Waals surface area contributed by atoms with E-state index in [9.17, 15) is 0 Å². The first-order valence-electron chi connectivity index (χ1n) is 4.11. The summed E-state index contributed by atoms with van der Waals surface area (Å²) in [6.07, 6.45) is 6.01. The molecule has 0 aliphatic carbocycles. The van der Waals surface area contributed by atoms with Crippen molar-refractivity contribution in [3.8, 4) is 0 Å². The molecule has 0 spiro atoms. The summed E-state index contributed by atoms with van der Waals surface area (Å²) in [6, 6.07) is 0. The Kier molecular flexibility index (Phi) is 6.61. The van der Waals surface area contributed by atoms with E-state index in [2.05, 4.69) is 25.2 Å². The molecule has 0 unspecified atom stereocenters. The molecular weight excluding hydrogens is 122 g/mol. The molecule has 0 radical (unpaired) electrons. The van der Waals surface area contributed by atoms with Crippen molar-refractivity contribution in [1.29, 1.82) is 0 Å². The predicted molar refractivity (Wildman–Crippen MR) is 47.2 cm³/mol. The van der Waals surface area contributed by atoms with Crippen molar-refractivity contribution in [2.45, 2.75) is 33.1 Å². The summed E-state index contributed by atoms with van der Waals surface area (Å²) in [5.74, 6) is 0.